The Bertz CT molecular complexity index is 555. The van der Waals surface area contributed by atoms with E-state index in [4.69, 9.17) is 0 Å². The molecule has 2 unspecified atom stereocenters. The Morgan fingerprint density at radius 3 is 2.90 bits per heavy atom. The Balaban J connectivity index is 2.12. The zero-order valence-electron chi connectivity index (χ0n) is 12.1. The van der Waals surface area contributed by atoms with Crippen LogP contribution in [0.4, 0.5) is 0 Å². The number of hydrogen-bond donors (Lipinski definition) is 1. The van der Waals surface area contributed by atoms with E-state index < -0.39 is 12.0 Å². The minimum Gasteiger partial charge on any atom is -0.480 e. The molecule has 1 aliphatic heterocycles. The van der Waals surface area contributed by atoms with E-state index in [1.54, 1.807) is 30.2 Å². The van der Waals surface area contributed by atoms with E-state index in [1.165, 1.54) is 22.7 Å². The predicted octanol–water partition coefficient (Wildman–Crippen LogP) is 1.59. The molecule has 1 aromatic rings. The second-order valence-corrected chi connectivity index (χ2v) is 6.17. The summed E-state index contributed by atoms with van der Waals surface area (Å²) in [4.78, 5) is 25.1. The van der Waals surface area contributed by atoms with Gasteiger partial charge in [0.05, 0.1) is 11.6 Å². The quantitative estimate of drug-likeness (QED) is 0.836. The normalized spacial score (nSPS) is 22.1. The monoisotopic (exact) mass is 309 g/mol. The summed E-state index contributed by atoms with van der Waals surface area (Å²) in [6.07, 6.45) is 8.27. The van der Waals surface area contributed by atoms with Crippen LogP contribution in [-0.2, 0) is 16.6 Å². The van der Waals surface area contributed by atoms with Crippen LogP contribution in [0.25, 0.3) is 6.08 Å². The molecule has 2 rings (SSSR count). The van der Waals surface area contributed by atoms with Crippen molar-refractivity contribution >= 4 is 29.7 Å². The average Bonchev–Trinajstić information content (AvgIpc) is 3.03. The zero-order chi connectivity index (χ0) is 15.4. The van der Waals surface area contributed by atoms with E-state index in [0.717, 1.165) is 18.4 Å². The van der Waals surface area contributed by atoms with Crippen LogP contribution in [0.1, 0.15) is 25.3 Å². The third kappa shape index (κ3) is 3.66. The van der Waals surface area contributed by atoms with Crippen molar-refractivity contribution in [2.45, 2.75) is 31.2 Å². The van der Waals surface area contributed by atoms with Crippen molar-refractivity contribution in [2.24, 2.45) is 7.05 Å². The van der Waals surface area contributed by atoms with Crippen LogP contribution in [0.5, 0.6) is 0 Å². The van der Waals surface area contributed by atoms with E-state index in [2.05, 4.69) is 5.10 Å². The molecule has 0 saturated carbocycles. The maximum atomic E-state index is 12.4. The van der Waals surface area contributed by atoms with Gasteiger partial charge in [-0.25, -0.2) is 4.79 Å². The SMILES string of the molecule is CCCC1SCC(C(=O)O)N1C(=O)C=Cc1cnn(C)c1. The van der Waals surface area contributed by atoms with Crippen LogP contribution < -0.4 is 0 Å². The van der Waals surface area contributed by atoms with Gasteiger partial charge in [0.15, 0.2) is 0 Å². The van der Waals surface area contributed by atoms with Crippen molar-refractivity contribution < 1.29 is 14.7 Å². The molecule has 0 bridgehead atoms. The number of carboxylic acids is 1. The molecule has 1 aromatic heterocycles. The van der Waals surface area contributed by atoms with Gasteiger partial charge in [0.25, 0.3) is 0 Å². The number of hydrogen-bond acceptors (Lipinski definition) is 4. The Morgan fingerprint density at radius 2 is 2.33 bits per heavy atom. The lowest BCUT2D eigenvalue weighted by Crippen LogP contribution is -2.44. The second kappa shape index (κ2) is 6.80. The van der Waals surface area contributed by atoms with Crippen LogP contribution in [0.3, 0.4) is 0 Å². The number of carbonyl (C=O) groups is 2. The summed E-state index contributed by atoms with van der Waals surface area (Å²) in [5.41, 5.74) is 0.816. The highest BCUT2D eigenvalue weighted by atomic mass is 32.2. The summed E-state index contributed by atoms with van der Waals surface area (Å²) in [5.74, 6) is -0.745. The average molecular weight is 309 g/mol. The van der Waals surface area contributed by atoms with Gasteiger partial charge in [-0.15, -0.1) is 11.8 Å². The molecule has 1 N–H and O–H groups in total. The minimum absolute atomic E-state index is 0.0536. The topological polar surface area (TPSA) is 75.4 Å². The fourth-order valence-corrected chi connectivity index (χ4v) is 3.82. The lowest BCUT2D eigenvalue weighted by molar-refractivity contribution is -0.147. The first-order valence-corrected chi connectivity index (χ1v) is 7.91. The maximum absolute atomic E-state index is 12.4. The Hall–Kier alpha value is -1.76. The van der Waals surface area contributed by atoms with Crippen LogP contribution in [0.15, 0.2) is 18.5 Å². The fraction of sp³-hybridized carbons (Fsp3) is 0.500. The molecule has 0 radical (unpaired) electrons. The number of nitrogens with zero attached hydrogens (tertiary/aromatic N) is 3. The number of aromatic nitrogens is 2. The minimum atomic E-state index is -0.941. The number of carbonyl (C=O) groups excluding carboxylic acids is 1. The molecule has 0 aromatic carbocycles. The van der Waals surface area contributed by atoms with E-state index in [-0.39, 0.29) is 11.3 Å². The number of rotatable bonds is 5. The Labute approximate surface area is 127 Å². The van der Waals surface area contributed by atoms with Crippen molar-refractivity contribution in [2.75, 3.05) is 5.75 Å². The molecular weight excluding hydrogens is 290 g/mol. The van der Waals surface area contributed by atoms with Gasteiger partial charge >= 0.3 is 5.97 Å². The number of thioether (sulfide) groups is 1. The van der Waals surface area contributed by atoms with E-state index in [0.29, 0.717) is 5.75 Å². The van der Waals surface area contributed by atoms with Crippen molar-refractivity contribution in [3.05, 3.63) is 24.0 Å². The van der Waals surface area contributed by atoms with Gasteiger partial charge in [0.1, 0.15) is 6.04 Å². The van der Waals surface area contributed by atoms with Crippen LogP contribution >= 0.6 is 11.8 Å². The summed E-state index contributed by atoms with van der Waals surface area (Å²) in [5, 5.41) is 13.2. The smallest absolute Gasteiger partial charge is 0.327 e. The second-order valence-electron chi connectivity index (χ2n) is 4.96. The van der Waals surface area contributed by atoms with E-state index >= 15 is 0 Å². The van der Waals surface area contributed by atoms with Gasteiger partial charge in [-0.05, 0) is 12.5 Å². The summed E-state index contributed by atoms with van der Waals surface area (Å²) in [6, 6.07) is -0.738. The molecule has 114 valence electrons. The molecule has 7 heteroatoms. The first kappa shape index (κ1) is 15.6. The lowest BCUT2D eigenvalue weighted by atomic mass is 10.2. The third-order valence-corrected chi connectivity index (χ3v) is 4.67. The molecule has 1 saturated heterocycles. The van der Waals surface area contributed by atoms with Gasteiger partial charge in [0, 0.05) is 30.6 Å². The first-order chi connectivity index (χ1) is 10.0. The Kier molecular flexibility index (Phi) is 5.06. The van der Waals surface area contributed by atoms with Crippen molar-refractivity contribution in [3.8, 4) is 0 Å². The van der Waals surface area contributed by atoms with E-state index in [1.807, 2.05) is 6.92 Å². The van der Waals surface area contributed by atoms with E-state index in [9.17, 15) is 14.7 Å². The molecule has 2 atom stereocenters. The van der Waals surface area contributed by atoms with Gasteiger partial charge in [0.2, 0.25) is 5.91 Å². The summed E-state index contributed by atoms with van der Waals surface area (Å²) < 4.78 is 1.65. The maximum Gasteiger partial charge on any atom is 0.327 e. The van der Waals surface area contributed by atoms with Gasteiger partial charge in [-0.1, -0.05) is 13.3 Å². The number of aliphatic carboxylic acids is 1. The van der Waals surface area contributed by atoms with Crippen LogP contribution in [0, 0.1) is 0 Å². The van der Waals surface area contributed by atoms with Crippen LogP contribution in [0.2, 0.25) is 0 Å². The molecular formula is C14H19N3O3S. The zero-order valence-corrected chi connectivity index (χ0v) is 12.9. The largest absolute Gasteiger partial charge is 0.480 e. The van der Waals surface area contributed by atoms with Crippen molar-refractivity contribution in [3.63, 3.8) is 0 Å². The fourth-order valence-electron chi connectivity index (χ4n) is 2.30. The highest BCUT2D eigenvalue weighted by Gasteiger charge is 2.40. The molecule has 1 fully saturated rings. The molecule has 0 aliphatic carbocycles. The van der Waals surface area contributed by atoms with Crippen molar-refractivity contribution in [1.82, 2.24) is 14.7 Å². The predicted molar refractivity (Wildman–Crippen MR) is 81.7 cm³/mol. The molecule has 6 nitrogen and oxygen atoms in total. The summed E-state index contributed by atoms with van der Waals surface area (Å²) in [6.45, 7) is 2.03. The number of aryl methyl sites for hydroxylation is 1. The molecule has 1 aliphatic rings. The highest BCUT2D eigenvalue weighted by Crippen LogP contribution is 2.32. The molecule has 0 spiro atoms. The van der Waals surface area contributed by atoms with Crippen molar-refractivity contribution in [1.29, 1.82) is 0 Å². The van der Waals surface area contributed by atoms with Crippen LogP contribution in [-0.4, -0.2) is 48.8 Å². The first-order valence-electron chi connectivity index (χ1n) is 6.86. The third-order valence-electron chi connectivity index (χ3n) is 3.31. The molecule has 2 heterocycles. The highest BCUT2D eigenvalue weighted by molar-refractivity contribution is 8.00. The number of amides is 1. The summed E-state index contributed by atoms with van der Waals surface area (Å²) in [7, 11) is 1.80. The lowest BCUT2D eigenvalue weighted by Gasteiger charge is -2.25. The molecule has 1 amide bonds. The molecule has 21 heavy (non-hydrogen) atoms. The summed E-state index contributed by atoms with van der Waals surface area (Å²) >= 11 is 1.54. The van der Waals surface area contributed by atoms with Gasteiger partial charge in [-0.3, -0.25) is 9.48 Å². The Morgan fingerprint density at radius 1 is 1.57 bits per heavy atom. The van der Waals surface area contributed by atoms with Gasteiger partial charge < -0.3 is 10.0 Å². The van der Waals surface area contributed by atoms with Gasteiger partial charge in [-0.2, -0.15) is 5.10 Å². The number of carboxylic acid groups (broad SMARTS) is 1. The standard InChI is InChI=1S/C14H19N3O3S/c1-3-4-13-17(11(9-21-13)14(19)20)12(18)6-5-10-7-15-16(2)8-10/h5-8,11,13H,3-4,9H2,1-2H3,(H,19,20).